The summed E-state index contributed by atoms with van der Waals surface area (Å²) < 4.78 is 0. The molecule has 3 N–H and O–H groups in total. The Bertz CT molecular complexity index is 610. The van der Waals surface area contributed by atoms with Crippen molar-refractivity contribution in [3.05, 3.63) is 34.9 Å². The molecule has 0 aromatic heterocycles. The van der Waals surface area contributed by atoms with Crippen molar-refractivity contribution in [2.75, 3.05) is 13.1 Å². The molecule has 7 heteroatoms. The summed E-state index contributed by atoms with van der Waals surface area (Å²) in [6.07, 6.45) is 0.908. The first-order valence-electron chi connectivity index (χ1n) is 8.41. The minimum Gasteiger partial charge on any atom is -0.340 e. The minimum absolute atomic E-state index is 0. The molecule has 0 saturated carbocycles. The van der Waals surface area contributed by atoms with Gasteiger partial charge >= 0.3 is 0 Å². The maximum absolute atomic E-state index is 12.9. The number of amides is 2. The molecule has 2 rings (SSSR count). The zero-order chi connectivity index (χ0) is 17.9. The van der Waals surface area contributed by atoms with Gasteiger partial charge in [0.1, 0.15) is 6.04 Å². The van der Waals surface area contributed by atoms with Crippen LogP contribution in [0.15, 0.2) is 24.3 Å². The van der Waals surface area contributed by atoms with E-state index in [2.05, 4.69) is 5.32 Å². The van der Waals surface area contributed by atoms with Crippen LogP contribution in [0.25, 0.3) is 0 Å². The standard InChI is InChI=1S/C18H26ClN3O2.ClH/c1-11(2)16(18(24)22-10-13(9-20)8-12(22)3)21-17(23)14-6-4-5-7-15(14)19;/h4-7,11-13,16H,8-10,20H2,1-3H3,(H,21,23);1H. The second-order valence-corrected chi connectivity index (χ2v) is 7.26. The molecular weight excluding hydrogens is 361 g/mol. The highest BCUT2D eigenvalue weighted by Gasteiger charge is 2.37. The summed E-state index contributed by atoms with van der Waals surface area (Å²) in [5.41, 5.74) is 6.13. The van der Waals surface area contributed by atoms with Gasteiger partial charge in [0.15, 0.2) is 0 Å². The fourth-order valence-electron chi connectivity index (χ4n) is 3.18. The van der Waals surface area contributed by atoms with E-state index in [1.54, 1.807) is 24.3 Å². The Morgan fingerprint density at radius 2 is 2.00 bits per heavy atom. The van der Waals surface area contributed by atoms with Gasteiger partial charge in [-0.15, -0.1) is 12.4 Å². The second-order valence-electron chi connectivity index (χ2n) is 6.85. The van der Waals surface area contributed by atoms with Crippen LogP contribution in [-0.2, 0) is 4.79 Å². The second kappa shape index (κ2) is 9.41. The molecule has 1 aliphatic heterocycles. The van der Waals surface area contributed by atoms with Gasteiger partial charge in [-0.3, -0.25) is 9.59 Å². The van der Waals surface area contributed by atoms with Crippen LogP contribution in [0.2, 0.25) is 5.02 Å². The zero-order valence-corrected chi connectivity index (χ0v) is 16.4. The molecule has 0 radical (unpaired) electrons. The number of likely N-dealkylation sites (tertiary alicyclic amines) is 1. The van der Waals surface area contributed by atoms with Gasteiger partial charge < -0.3 is 16.0 Å². The molecule has 1 fully saturated rings. The number of hydrogen-bond acceptors (Lipinski definition) is 3. The predicted octanol–water partition coefficient (Wildman–Crippen LogP) is 2.71. The third-order valence-corrected chi connectivity index (χ3v) is 4.95. The summed E-state index contributed by atoms with van der Waals surface area (Å²) >= 11 is 6.08. The highest BCUT2D eigenvalue weighted by atomic mass is 35.5. The summed E-state index contributed by atoms with van der Waals surface area (Å²) in [5, 5.41) is 3.24. The van der Waals surface area contributed by atoms with Crippen LogP contribution in [0.3, 0.4) is 0 Å². The van der Waals surface area contributed by atoms with Gasteiger partial charge in [0.2, 0.25) is 5.91 Å². The Morgan fingerprint density at radius 1 is 1.36 bits per heavy atom. The van der Waals surface area contributed by atoms with E-state index in [0.717, 1.165) is 6.42 Å². The Morgan fingerprint density at radius 3 is 2.52 bits per heavy atom. The molecule has 1 aromatic carbocycles. The smallest absolute Gasteiger partial charge is 0.253 e. The third-order valence-electron chi connectivity index (χ3n) is 4.62. The highest BCUT2D eigenvalue weighted by molar-refractivity contribution is 6.33. The minimum atomic E-state index is -0.576. The maximum Gasteiger partial charge on any atom is 0.253 e. The number of benzene rings is 1. The number of rotatable bonds is 5. The monoisotopic (exact) mass is 387 g/mol. The topological polar surface area (TPSA) is 75.4 Å². The van der Waals surface area contributed by atoms with Crippen LogP contribution in [0.1, 0.15) is 37.6 Å². The molecule has 140 valence electrons. The number of nitrogens with zero attached hydrogens (tertiary/aromatic N) is 1. The van der Waals surface area contributed by atoms with Gasteiger partial charge in [-0.2, -0.15) is 0 Å². The third kappa shape index (κ3) is 5.09. The van der Waals surface area contributed by atoms with E-state index < -0.39 is 6.04 Å². The lowest BCUT2D eigenvalue weighted by Crippen LogP contribution is -2.52. The van der Waals surface area contributed by atoms with Crippen molar-refractivity contribution in [2.45, 2.75) is 39.3 Å². The summed E-state index contributed by atoms with van der Waals surface area (Å²) in [7, 11) is 0. The molecule has 1 saturated heterocycles. The van der Waals surface area contributed by atoms with Gasteiger partial charge in [-0.05, 0) is 43.9 Å². The van der Waals surface area contributed by atoms with Crippen LogP contribution >= 0.6 is 24.0 Å². The zero-order valence-electron chi connectivity index (χ0n) is 14.9. The van der Waals surface area contributed by atoms with E-state index in [1.165, 1.54) is 0 Å². The normalized spacial score (nSPS) is 21.0. The van der Waals surface area contributed by atoms with Gasteiger partial charge in [0.25, 0.3) is 5.91 Å². The summed E-state index contributed by atoms with van der Waals surface area (Å²) in [6, 6.07) is 6.40. The lowest BCUT2D eigenvalue weighted by molar-refractivity contribution is -0.135. The van der Waals surface area contributed by atoms with Gasteiger partial charge in [-0.25, -0.2) is 0 Å². The number of carbonyl (C=O) groups is 2. The lowest BCUT2D eigenvalue weighted by atomic mass is 10.0. The molecule has 1 heterocycles. The van der Waals surface area contributed by atoms with E-state index in [1.807, 2.05) is 25.7 Å². The van der Waals surface area contributed by atoms with Crippen LogP contribution in [0.4, 0.5) is 0 Å². The number of nitrogens with one attached hydrogen (secondary N) is 1. The van der Waals surface area contributed by atoms with Gasteiger partial charge in [0.05, 0.1) is 10.6 Å². The first-order chi connectivity index (χ1) is 11.3. The van der Waals surface area contributed by atoms with E-state index in [-0.39, 0.29) is 36.2 Å². The number of hydrogen-bond donors (Lipinski definition) is 2. The van der Waals surface area contributed by atoms with Gasteiger partial charge in [0, 0.05) is 12.6 Å². The molecule has 2 amide bonds. The molecule has 3 atom stereocenters. The Kier molecular flexibility index (Phi) is 8.19. The summed E-state index contributed by atoms with van der Waals surface area (Å²) in [5.74, 6) is -0.0622. The van der Waals surface area contributed by atoms with Crippen molar-refractivity contribution in [3.8, 4) is 0 Å². The van der Waals surface area contributed by atoms with E-state index in [9.17, 15) is 9.59 Å². The Hall–Kier alpha value is -1.30. The fourth-order valence-corrected chi connectivity index (χ4v) is 3.40. The fraction of sp³-hybridized carbons (Fsp3) is 0.556. The molecule has 5 nitrogen and oxygen atoms in total. The average molecular weight is 388 g/mol. The van der Waals surface area contributed by atoms with Crippen LogP contribution in [0, 0.1) is 11.8 Å². The van der Waals surface area contributed by atoms with E-state index in [0.29, 0.717) is 29.6 Å². The van der Waals surface area contributed by atoms with E-state index >= 15 is 0 Å². The quantitative estimate of drug-likeness (QED) is 0.815. The van der Waals surface area contributed by atoms with Crippen LogP contribution in [-0.4, -0.2) is 41.9 Å². The first kappa shape index (κ1) is 21.7. The van der Waals surface area contributed by atoms with Crippen LogP contribution < -0.4 is 11.1 Å². The molecule has 0 bridgehead atoms. The van der Waals surface area contributed by atoms with Crippen molar-refractivity contribution in [2.24, 2.45) is 17.6 Å². The summed E-state index contributed by atoms with van der Waals surface area (Å²) in [4.78, 5) is 27.3. The van der Waals surface area contributed by atoms with Crippen molar-refractivity contribution in [3.63, 3.8) is 0 Å². The number of nitrogens with two attached hydrogens (primary N) is 1. The highest BCUT2D eigenvalue weighted by Crippen LogP contribution is 2.24. The number of halogens is 2. The summed E-state index contributed by atoms with van der Waals surface area (Å²) in [6.45, 7) is 7.11. The first-order valence-corrected chi connectivity index (χ1v) is 8.78. The van der Waals surface area contributed by atoms with E-state index in [4.69, 9.17) is 17.3 Å². The molecular formula is C18H27Cl2N3O2. The maximum atomic E-state index is 12.9. The largest absolute Gasteiger partial charge is 0.340 e. The molecule has 25 heavy (non-hydrogen) atoms. The molecule has 3 unspecified atom stereocenters. The Balaban J connectivity index is 0.00000312. The lowest BCUT2D eigenvalue weighted by Gasteiger charge is -2.29. The van der Waals surface area contributed by atoms with Crippen LogP contribution in [0.5, 0.6) is 0 Å². The predicted molar refractivity (Wildman–Crippen MR) is 103 cm³/mol. The van der Waals surface area contributed by atoms with Crippen molar-refractivity contribution >= 4 is 35.8 Å². The van der Waals surface area contributed by atoms with Crippen molar-refractivity contribution in [1.29, 1.82) is 0 Å². The molecule has 0 aliphatic carbocycles. The van der Waals surface area contributed by atoms with Crippen molar-refractivity contribution in [1.82, 2.24) is 10.2 Å². The number of carbonyl (C=O) groups excluding carboxylic acids is 2. The SMILES string of the molecule is CC(C)C(NC(=O)c1ccccc1Cl)C(=O)N1CC(CN)CC1C.Cl. The molecule has 1 aliphatic rings. The Labute approximate surface area is 160 Å². The molecule has 1 aromatic rings. The molecule has 0 spiro atoms. The van der Waals surface area contributed by atoms with Crippen molar-refractivity contribution < 1.29 is 9.59 Å². The van der Waals surface area contributed by atoms with Gasteiger partial charge in [-0.1, -0.05) is 37.6 Å². The average Bonchev–Trinajstić information content (AvgIpc) is 2.93.